The summed E-state index contributed by atoms with van der Waals surface area (Å²) in [6.07, 6.45) is 11.2. The molecular formula is C22H26N6O. The van der Waals surface area contributed by atoms with Gasteiger partial charge in [0, 0.05) is 17.9 Å². The number of benzene rings is 1. The summed E-state index contributed by atoms with van der Waals surface area (Å²) in [6.45, 7) is 1.93. The lowest BCUT2D eigenvalue weighted by atomic mass is 9.50. The van der Waals surface area contributed by atoms with Gasteiger partial charge in [-0.3, -0.25) is 0 Å². The molecule has 0 aliphatic heterocycles. The average molecular weight is 390 g/mol. The van der Waals surface area contributed by atoms with E-state index in [1.165, 1.54) is 32.1 Å². The Bertz CT molecular complexity index is 1050. The highest BCUT2D eigenvalue weighted by Crippen LogP contribution is 2.63. The highest BCUT2D eigenvalue weighted by molar-refractivity contribution is 5.64. The van der Waals surface area contributed by atoms with Crippen LogP contribution in [0.5, 0.6) is 5.75 Å². The van der Waals surface area contributed by atoms with Gasteiger partial charge in [0.05, 0.1) is 18.2 Å². The van der Waals surface area contributed by atoms with Crippen LogP contribution in [0.2, 0.25) is 0 Å². The lowest BCUT2D eigenvalue weighted by Crippen LogP contribution is -2.60. The Morgan fingerprint density at radius 3 is 2.55 bits per heavy atom. The van der Waals surface area contributed by atoms with E-state index in [9.17, 15) is 0 Å². The van der Waals surface area contributed by atoms with Crippen molar-refractivity contribution >= 4 is 0 Å². The molecule has 1 aromatic carbocycles. The summed E-state index contributed by atoms with van der Waals surface area (Å²) in [5.41, 5.74) is 1.09. The molecule has 2 heterocycles. The summed E-state index contributed by atoms with van der Waals surface area (Å²) >= 11 is 0. The van der Waals surface area contributed by atoms with Gasteiger partial charge in [-0.2, -0.15) is 4.80 Å². The fourth-order valence-electron chi connectivity index (χ4n) is 6.88. The third kappa shape index (κ3) is 2.42. The Labute approximate surface area is 170 Å². The number of ether oxygens (including phenoxy) is 1. The molecule has 150 valence electrons. The van der Waals surface area contributed by atoms with Gasteiger partial charge in [0.2, 0.25) is 0 Å². The molecule has 0 amide bonds. The van der Waals surface area contributed by atoms with Crippen LogP contribution in [0.3, 0.4) is 0 Å². The molecule has 0 spiro atoms. The summed E-state index contributed by atoms with van der Waals surface area (Å²) in [5.74, 6) is 4.04. The summed E-state index contributed by atoms with van der Waals surface area (Å²) in [4.78, 5) is 6.74. The predicted molar refractivity (Wildman–Crippen MR) is 107 cm³/mol. The van der Waals surface area contributed by atoms with Crippen LogP contribution >= 0.6 is 0 Å². The van der Waals surface area contributed by atoms with Crippen LogP contribution in [0.1, 0.15) is 44.3 Å². The minimum Gasteiger partial charge on any atom is -0.496 e. The molecule has 4 saturated carbocycles. The van der Waals surface area contributed by atoms with Crippen LogP contribution in [0, 0.1) is 18.8 Å². The second kappa shape index (κ2) is 5.90. The van der Waals surface area contributed by atoms with Gasteiger partial charge >= 0.3 is 0 Å². The van der Waals surface area contributed by atoms with Crippen molar-refractivity contribution in [3.63, 3.8) is 0 Å². The van der Waals surface area contributed by atoms with E-state index in [2.05, 4.69) is 38.3 Å². The van der Waals surface area contributed by atoms with E-state index >= 15 is 0 Å². The topological polar surface area (TPSA) is 70.7 Å². The first kappa shape index (κ1) is 17.2. The fourth-order valence-corrected chi connectivity index (χ4v) is 6.88. The second-order valence-corrected chi connectivity index (χ2v) is 9.36. The smallest absolute Gasteiger partial charge is 0.171 e. The number of aryl methyl sites for hydroxylation is 1. The zero-order valence-electron chi connectivity index (χ0n) is 17.0. The third-order valence-corrected chi connectivity index (χ3v) is 7.44. The largest absolute Gasteiger partial charge is 0.496 e. The van der Waals surface area contributed by atoms with E-state index in [0.29, 0.717) is 11.8 Å². The van der Waals surface area contributed by atoms with Crippen molar-refractivity contribution in [2.75, 3.05) is 7.11 Å². The van der Waals surface area contributed by atoms with E-state index in [1.54, 1.807) is 7.11 Å². The molecule has 29 heavy (non-hydrogen) atoms. The molecule has 7 nitrogen and oxygen atoms in total. The van der Waals surface area contributed by atoms with Gasteiger partial charge in [-0.15, -0.1) is 10.2 Å². The second-order valence-electron chi connectivity index (χ2n) is 9.36. The first-order valence-electron chi connectivity index (χ1n) is 10.6. The molecule has 0 N–H and O–H groups in total. The summed E-state index contributed by atoms with van der Waals surface area (Å²) < 4.78 is 8.09. The van der Waals surface area contributed by atoms with Crippen molar-refractivity contribution < 1.29 is 4.74 Å². The molecule has 0 radical (unpaired) electrons. The molecule has 4 aliphatic rings. The number of methoxy groups -OCH3 is 1. The van der Waals surface area contributed by atoms with Crippen LogP contribution < -0.4 is 4.74 Å². The summed E-state index contributed by atoms with van der Waals surface area (Å²) in [5, 5.41) is 13.3. The fraction of sp³-hybridized carbons (Fsp3) is 0.545. The molecule has 2 aromatic heterocycles. The Kier molecular flexibility index (Phi) is 3.50. The molecule has 2 atom stereocenters. The number of nitrogens with zero attached hydrogens (tertiary/aromatic N) is 6. The van der Waals surface area contributed by atoms with Crippen molar-refractivity contribution in [3.05, 3.63) is 42.5 Å². The number of para-hydroxylation sites is 1. The standard InChI is InChI=1S/C22H26N6O/c1-15-24-26-28(25-15)22-12-16-9-17(13-22)11-21(10-16,14-22)27-8-7-23-20(27)18-5-3-4-6-19(18)29-2/h3-8,16-17H,9-14H2,1-2H3. The van der Waals surface area contributed by atoms with Crippen LogP contribution in [0.15, 0.2) is 36.7 Å². The molecule has 3 aromatic rings. The van der Waals surface area contributed by atoms with Crippen molar-refractivity contribution in [1.82, 2.24) is 29.8 Å². The first-order valence-corrected chi connectivity index (χ1v) is 10.6. The van der Waals surface area contributed by atoms with Gasteiger partial charge in [0.15, 0.2) is 5.82 Å². The third-order valence-electron chi connectivity index (χ3n) is 7.44. The van der Waals surface area contributed by atoms with E-state index < -0.39 is 0 Å². The van der Waals surface area contributed by atoms with Crippen LogP contribution in [-0.2, 0) is 11.1 Å². The number of imidazole rings is 1. The highest BCUT2D eigenvalue weighted by atomic mass is 16.5. The monoisotopic (exact) mass is 390 g/mol. The van der Waals surface area contributed by atoms with Gasteiger partial charge in [-0.05, 0) is 74.6 Å². The molecular weight excluding hydrogens is 364 g/mol. The normalized spacial score (nSPS) is 32.6. The quantitative estimate of drug-likeness (QED) is 0.681. The van der Waals surface area contributed by atoms with Gasteiger partial charge in [-0.1, -0.05) is 12.1 Å². The van der Waals surface area contributed by atoms with Gasteiger partial charge in [0.25, 0.3) is 0 Å². The average Bonchev–Trinajstić information content (AvgIpc) is 3.37. The molecule has 4 fully saturated rings. The zero-order valence-corrected chi connectivity index (χ0v) is 17.0. The van der Waals surface area contributed by atoms with Crippen molar-refractivity contribution in [2.24, 2.45) is 11.8 Å². The summed E-state index contributed by atoms with van der Waals surface area (Å²) in [6, 6.07) is 8.18. The Balaban J connectivity index is 1.48. The molecule has 2 unspecified atom stereocenters. The minimum absolute atomic E-state index is 0.0202. The van der Waals surface area contributed by atoms with Gasteiger partial charge < -0.3 is 9.30 Å². The SMILES string of the molecule is COc1ccccc1-c1nccn1C12CC3CC(CC(n4nnc(C)n4)(C3)C1)C2. The van der Waals surface area contributed by atoms with Gasteiger partial charge in [-0.25, -0.2) is 4.98 Å². The first-order chi connectivity index (χ1) is 14.1. The molecule has 4 bridgehead atoms. The van der Waals surface area contributed by atoms with E-state index in [4.69, 9.17) is 9.72 Å². The minimum atomic E-state index is -0.0202. The molecule has 7 rings (SSSR count). The lowest BCUT2D eigenvalue weighted by molar-refractivity contribution is -0.103. The number of rotatable bonds is 4. The van der Waals surface area contributed by atoms with Crippen LogP contribution in [0.25, 0.3) is 11.4 Å². The molecule has 4 aliphatic carbocycles. The Hall–Kier alpha value is -2.70. The Morgan fingerprint density at radius 2 is 1.83 bits per heavy atom. The maximum absolute atomic E-state index is 5.65. The van der Waals surface area contributed by atoms with E-state index in [0.717, 1.165) is 29.4 Å². The van der Waals surface area contributed by atoms with Crippen LogP contribution in [-0.4, -0.2) is 36.9 Å². The maximum Gasteiger partial charge on any atom is 0.171 e. The number of hydrogen-bond donors (Lipinski definition) is 0. The van der Waals surface area contributed by atoms with Crippen molar-refractivity contribution in [1.29, 1.82) is 0 Å². The van der Waals surface area contributed by atoms with Crippen molar-refractivity contribution in [2.45, 2.75) is 56.5 Å². The number of hydrogen-bond acceptors (Lipinski definition) is 5. The van der Waals surface area contributed by atoms with E-state index in [1.807, 2.05) is 30.0 Å². The highest BCUT2D eigenvalue weighted by Gasteiger charge is 2.60. The van der Waals surface area contributed by atoms with Crippen molar-refractivity contribution in [3.8, 4) is 17.1 Å². The zero-order chi connectivity index (χ0) is 19.6. The number of aromatic nitrogens is 6. The molecule has 7 heteroatoms. The van der Waals surface area contributed by atoms with Crippen LogP contribution in [0.4, 0.5) is 0 Å². The predicted octanol–water partition coefficient (Wildman–Crippen LogP) is 3.56. The molecule has 0 saturated heterocycles. The maximum atomic E-state index is 5.65. The Morgan fingerprint density at radius 1 is 1.07 bits per heavy atom. The summed E-state index contributed by atoms with van der Waals surface area (Å²) in [7, 11) is 1.73. The lowest BCUT2D eigenvalue weighted by Gasteiger charge is -2.61. The van der Waals surface area contributed by atoms with Gasteiger partial charge in [0.1, 0.15) is 11.6 Å². The van der Waals surface area contributed by atoms with E-state index in [-0.39, 0.29) is 11.1 Å². The number of tetrazole rings is 1.